The first kappa shape index (κ1) is 32.2. The number of hydrogen-bond acceptors (Lipinski definition) is 5. The molecule has 2 N–H and O–H groups in total. The number of ether oxygens (including phenoxy) is 1. The normalized spacial score (nSPS) is 17.6. The summed E-state index contributed by atoms with van der Waals surface area (Å²) in [6.07, 6.45) is 3.75. The van der Waals surface area contributed by atoms with Crippen molar-refractivity contribution >= 4 is 34.8 Å². The van der Waals surface area contributed by atoms with E-state index in [0.717, 1.165) is 35.2 Å². The molecule has 1 saturated carbocycles. The average Bonchev–Trinajstić information content (AvgIpc) is 3.49. The first-order valence-corrected chi connectivity index (χ1v) is 14.4. The molecule has 2 unspecified atom stereocenters. The minimum absolute atomic E-state index is 0.0511. The van der Waals surface area contributed by atoms with Crippen LogP contribution in [-0.4, -0.2) is 65.3 Å². The second-order valence-corrected chi connectivity index (χ2v) is 12.5. The molecule has 9 heteroatoms. The molecule has 1 saturated heterocycles. The number of nitriles is 1. The molecule has 3 aromatic rings. The smallest absolute Gasteiger partial charge is 0.270 e. The fourth-order valence-corrected chi connectivity index (χ4v) is 4.33. The fraction of sp³-hybridized carbons (Fsp3) is 0.455. The number of carbonyl (C=O) groups excluding carboxylic acids is 3. The molecule has 5 rings (SSSR count). The number of nitrogens with zero attached hydrogens (tertiary/aromatic N) is 3. The molecule has 9 nitrogen and oxygen atoms in total. The predicted octanol–water partition coefficient (Wildman–Crippen LogP) is 5.85. The molecule has 1 aromatic heterocycles. The summed E-state index contributed by atoms with van der Waals surface area (Å²) in [5.74, 6) is 0.619. The fourth-order valence-electron chi connectivity index (χ4n) is 4.33. The summed E-state index contributed by atoms with van der Waals surface area (Å²) in [6.45, 7) is 11.3. The van der Waals surface area contributed by atoms with Crippen LogP contribution in [0.5, 0.6) is 5.75 Å². The molecule has 1 aliphatic carbocycles. The number of aromatic nitrogens is 1. The van der Waals surface area contributed by atoms with E-state index >= 15 is 0 Å². The van der Waals surface area contributed by atoms with Gasteiger partial charge in [-0.3, -0.25) is 14.4 Å². The summed E-state index contributed by atoms with van der Waals surface area (Å²) in [4.78, 5) is 41.4. The number of fused-ring (bicyclic) bond motifs is 1. The van der Waals surface area contributed by atoms with Crippen molar-refractivity contribution in [1.29, 1.82) is 5.26 Å². The lowest BCUT2D eigenvalue weighted by atomic mass is 10.0. The lowest BCUT2D eigenvalue weighted by Crippen LogP contribution is -2.43. The molecular weight excluding hydrogens is 530 g/mol. The van der Waals surface area contributed by atoms with Crippen molar-refractivity contribution in [3.05, 3.63) is 60.3 Å². The van der Waals surface area contributed by atoms with Crippen molar-refractivity contribution in [2.45, 2.75) is 66.0 Å². The van der Waals surface area contributed by atoms with Gasteiger partial charge in [-0.25, -0.2) is 0 Å². The molecule has 2 atom stereocenters. The number of likely N-dealkylation sites (N-methyl/N-ethyl adjacent to an activating group) is 1. The molecule has 0 bridgehead atoms. The van der Waals surface area contributed by atoms with Gasteiger partial charge in [-0.05, 0) is 60.9 Å². The van der Waals surface area contributed by atoms with Crippen LogP contribution in [0.2, 0.25) is 0 Å². The van der Waals surface area contributed by atoms with Crippen LogP contribution in [-0.2, 0) is 9.59 Å². The van der Waals surface area contributed by atoms with Gasteiger partial charge in [0.15, 0.2) is 0 Å². The first-order valence-electron chi connectivity index (χ1n) is 14.4. The Morgan fingerprint density at radius 1 is 1.14 bits per heavy atom. The highest BCUT2D eigenvalue weighted by Crippen LogP contribution is 2.32. The van der Waals surface area contributed by atoms with Gasteiger partial charge < -0.3 is 24.8 Å². The van der Waals surface area contributed by atoms with Gasteiger partial charge in [-0.15, -0.1) is 0 Å². The van der Waals surface area contributed by atoms with Crippen molar-refractivity contribution in [1.82, 2.24) is 14.8 Å². The summed E-state index contributed by atoms with van der Waals surface area (Å²) in [5, 5.41) is 12.7. The number of rotatable bonds is 7. The quantitative estimate of drug-likeness (QED) is 0.344. The SMILES string of the molecule is CC(C)(C)C.CC1CC(C#N)N(C(=O)CN(C)C(=O)c2cc3c(OC4CC4)cccc3[nH]2)C1.O=CNc1ccccc1. The third-order valence-corrected chi connectivity index (χ3v) is 6.37. The molecule has 2 aliphatic rings. The number of para-hydroxylation sites is 1. The maximum Gasteiger partial charge on any atom is 0.270 e. The second-order valence-electron chi connectivity index (χ2n) is 12.5. The number of benzene rings is 2. The zero-order valence-corrected chi connectivity index (χ0v) is 25.5. The molecule has 3 amide bonds. The van der Waals surface area contributed by atoms with Crippen LogP contribution in [0, 0.1) is 22.7 Å². The Morgan fingerprint density at radius 3 is 2.40 bits per heavy atom. The van der Waals surface area contributed by atoms with Crippen molar-refractivity contribution in [2.75, 3.05) is 25.5 Å². The third-order valence-electron chi connectivity index (χ3n) is 6.37. The standard InChI is InChI=1S/C21H24N4O3.C7H7NO.C5H12/c1-13-8-14(10-22)25(11-13)20(26)12-24(2)21(27)18-9-16-17(23-18)4-3-5-19(16)28-15-6-7-15;9-6-8-7-4-2-1-3-5-7;1-5(2,3)4/h3-5,9,13-15,23H,6-8,11-12H2,1-2H3;1-6H,(H,8,9);1-4H3. The number of carbonyl (C=O) groups is 3. The minimum atomic E-state index is -0.402. The number of nitrogens with one attached hydrogen (secondary N) is 2. The van der Waals surface area contributed by atoms with Crippen LogP contribution < -0.4 is 10.1 Å². The number of likely N-dealkylation sites (tertiary alicyclic amines) is 1. The minimum Gasteiger partial charge on any atom is -0.490 e. The van der Waals surface area contributed by atoms with Gasteiger partial charge in [0.1, 0.15) is 17.5 Å². The number of aromatic amines is 1. The Morgan fingerprint density at radius 2 is 1.81 bits per heavy atom. The van der Waals surface area contributed by atoms with Crippen LogP contribution in [0.15, 0.2) is 54.6 Å². The Kier molecular flexibility index (Phi) is 11.1. The third kappa shape index (κ3) is 9.95. The molecule has 2 fully saturated rings. The van der Waals surface area contributed by atoms with Crippen LogP contribution in [0.4, 0.5) is 5.69 Å². The van der Waals surface area contributed by atoms with Crippen molar-refractivity contribution < 1.29 is 19.1 Å². The van der Waals surface area contributed by atoms with E-state index in [1.165, 1.54) is 4.90 Å². The second kappa shape index (κ2) is 14.5. The Hall–Kier alpha value is -4.32. The molecule has 0 radical (unpaired) electrons. The molecule has 224 valence electrons. The largest absolute Gasteiger partial charge is 0.490 e. The highest BCUT2D eigenvalue weighted by Gasteiger charge is 2.34. The molecule has 2 heterocycles. The first-order chi connectivity index (χ1) is 19.9. The summed E-state index contributed by atoms with van der Waals surface area (Å²) in [7, 11) is 1.61. The number of hydrogen-bond donors (Lipinski definition) is 2. The summed E-state index contributed by atoms with van der Waals surface area (Å²) < 4.78 is 5.92. The van der Waals surface area contributed by atoms with Gasteiger partial charge in [0.05, 0.1) is 18.7 Å². The summed E-state index contributed by atoms with van der Waals surface area (Å²) >= 11 is 0. The zero-order chi connectivity index (χ0) is 30.9. The highest BCUT2D eigenvalue weighted by atomic mass is 16.5. The molecule has 2 aromatic carbocycles. The molecule has 42 heavy (non-hydrogen) atoms. The van der Waals surface area contributed by atoms with Crippen molar-refractivity contribution in [3.8, 4) is 11.8 Å². The van der Waals surface area contributed by atoms with Crippen molar-refractivity contribution in [2.24, 2.45) is 11.3 Å². The molecular formula is C33H43N5O4. The van der Waals surface area contributed by atoms with Gasteiger partial charge in [0.2, 0.25) is 12.3 Å². The van der Waals surface area contributed by atoms with Gasteiger partial charge >= 0.3 is 0 Å². The Bertz CT molecular complexity index is 1380. The maximum atomic E-state index is 12.8. The summed E-state index contributed by atoms with van der Waals surface area (Å²) in [5.41, 5.74) is 2.58. The van der Waals surface area contributed by atoms with E-state index in [1.807, 2.05) is 55.5 Å². The van der Waals surface area contributed by atoms with E-state index in [9.17, 15) is 19.6 Å². The molecule has 1 aliphatic heterocycles. The Labute approximate surface area is 248 Å². The van der Waals surface area contributed by atoms with Crippen LogP contribution in [0.25, 0.3) is 10.9 Å². The van der Waals surface area contributed by atoms with Crippen LogP contribution in [0.1, 0.15) is 64.4 Å². The van der Waals surface area contributed by atoms with E-state index in [4.69, 9.17) is 4.74 Å². The maximum absolute atomic E-state index is 12.8. The lowest BCUT2D eigenvalue weighted by molar-refractivity contribution is -0.131. The van der Waals surface area contributed by atoms with Crippen LogP contribution in [0.3, 0.4) is 0 Å². The number of anilines is 1. The predicted molar refractivity (Wildman–Crippen MR) is 165 cm³/mol. The monoisotopic (exact) mass is 573 g/mol. The van der Waals surface area contributed by atoms with E-state index < -0.39 is 6.04 Å². The summed E-state index contributed by atoms with van der Waals surface area (Å²) in [6, 6.07) is 18.6. The van der Waals surface area contributed by atoms with E-state index in [2.05, 4.69) is 44.1 Å². The lowest BCUT2D eigenvalue weighted by Gasteiger charge is -2.23. The topological polar surface area (TPSA) is 119 Å². The van der Waals surface area contributed by atoms with Gasteiger partial charge in [0, 0.05) is 30.2 Å². The van der Waals surface area contributed by atoms with E-state index in [-0.39, 0.29) is 24.5 Å². The van der Waals surface area contributed by atoms with Gasteiger partial charge in [-0.1, -0.05) is 58.9 Å². The number of H-pyrrole nitrogens is 1. The van der Waals surface area contributed by atoms with Crippen molar-refractivity contribution in [3.63, 3.8) is 0 Å². The van der Waals surface area contributed by atoms with Gasteiger partial charge in [-0.2, -0.15) is 5.26 Å². The zero-order valence-electron chi connectivity index (χ0n) is 25.5. The highest BCUT2D eigenvalue weighted by molar-refractivity contribution is 6.00. The van der Waals surface area contributed by atoms with E-state index in [0.29, 0.717) is 36.4 Å². The number of amides is 3. The van der Waals surface area contributed by atoms with E-state index in [1.54, 1.807) is 18.0 Å². The average molecular weight is 574 g/mol. The van der Waals surface area contributed by atoms with Crippen LogP contribution >= 0.6 is 0 Å². The Balaban J connectivity index is 0.000000285. The molecule has 0 spiro atoms. The van der Waals surface area contributed by atoms with Gasteiger partial charge in [0.25, 0.3) is 5.91 Å².